The lowest BCUT2D eigenvalue weighted by molar-refractivity contribution is 0.0265. The van der Waals surface area contributed by atoms with E-state index in [0.717, 1.165) is 58.9 Å². The summed E-state index contributed by atoms with van der Waals surface area (Å²) in [6.45, 7) is 8.16. The zero-order chi connectivity index (χ0) is 12.8. The van der Waals surface area contributed by atoms with Crippen molar-refractivity contribution >= 4 is 0 Å². The molecule has 0 radical (unpaired) electrons. The fraction of sp³-hybridized carbons (Fsp3) is 1.00. The van der Waals surface area contributed by atoms with E-state index in [4.69, 9.17) is 15.6 Å². The molecular formula is C13H27N3O2. The van der Waals surface area contributed by atoms with Gasteiger partial charge in [-0.2, -0.15) is 0 Å². The van der Waals surface area contributed by atoms with Crippen LogP contribution in [0.3, 0.4) is 0 Å². The van der Waals surface area contributed by atoms with E-state index in [-0.39, 0.29) is 6.61 Å². The van der Waals surface area contributed by atoms with Crippen LogP contribution in [-0.4, -0.2) is 80.0 Å². The number of nitrogens with two attached hydrogens (primary N) is 1. The maximum atomic E-state index is 8.98. The van der Waals surface area contributed by atoms with Crippen LogP contribution >= 0.6 is 0 Å². The summed E-state index contributed by atoms with van der Waals surface area (Å²) in [6.07, 6.45) is 2.18. The Morgan fingerprint density at radius 1 is 1.17 bits per heavy atom. The monoisotopic (exact) mass is 257 g/mol. The topological polar surface area (TPSA) is 62.0 Å². The summed E-state index contributed by atoms with van der Waals surface area (Å²) >= 11 is 0. The molecule has 2 saturated heterocycles. The first-order chi connectivity index (χ1) is 8.79. The molecule has 3 N–H and O–H groups in total. The van der Waals surface area contributed by atoms with Crippen LogP contribution < -0.4 is 5.73 Å². The second-order valence-corrected chi connectivity index (χ2v) is 5.51. The number of ether oxygens (including phenoxy) is 1. The fourth-order valence-electron chi connectivity index (χ4n) is 2.91. The van der Waals surface area contributed by atoms with Crippen LogP contribution in [0.4, 0.5) is 0 Å². The maximum absolute atomic E-state index is 8.98. The van der Waals surface area contributed by atoms with Crippen molar-refractivity contribution in [1.82, 2.24) is 9.80 Å². The van der Waals surface area contributed by atoms with E-state index in [1.54, 1.807) is 0 Å². The summed E-state index contributed by atoms with van der Waals surface area (Å²) < 4.78 is 5.53. The molecule has 2 heterocycles. The van der Waals surface area contributed by atoms with Crippen LogP contribution in [0.2, 0.25) is 0 Å². The summed E-state index contributed by atoms with van der Waals surface area (Å²) in [5, 5.41) is 8.98. The molecule has 0 amide bonds. The zero-order valence-electron chi connectivity index (χ0n) is 11.3. The molecule has 2 aliphatic rings. The Labute approximate surface area is 110 Å². The number of nitrogens with zero attached hydrogens (tertiary/aromatic N) is 2. The molecule has 0 aromatic rings. The van der Waals surface area contributed by atoms with Crippen molar-refractivity contribution in [3.8, 4) is 0 Å². The average Bonchev–Trinajstić information content (AvgIpc) is 2.59. The SMILES string of the molecule is NC1CCOCC1CN1CCCN(CCO)CC1. The van der Waals surface area contributed by atoms with Gasteiger partial charge in [-0.05, 0) is 25.9 Å². The van der Waals surface area contributed by atoms with Gasteiger partial charge >= 0.3 is 0 Å². The first-order valence-electron chi connectivity index (χ1n) is 7.18. The van der Waals surface area contributed by atoms with E-state index in [1.807, 2.05) is 0 Å². The summed E-state index contributed by atoms with van der Waals surface area (Å²) in [6, 6.07) is 0.301. The van der Waals surface area contributed by atoms with Crippen LogP contribution in [0.15, 0.2) is 0 Å². The lowest BCUT2D eigenvalue weighted by Crippen LogP contribution is -2.46. The van der Waals surface area contributed by atoms with Gasteiger partial charge in [0.15, 0.2) is 0 Å². The zero-order valence-corrected chi connectivity index (χ0v) is 11.3. The molecule has 2 fully saturated rings. The molecule has 5 nitrogen and oxygen atoms in total. The van der Waals surface area contributed by atoms with E-state index in [9.17, 15) is 0 Å². The highest BCUT2D eigenvalue weighted by Crippen LogP contribution is 2.15. The van der Waals surface area contributed by atoms with Gasteiger partial charge in [0, 0.05) is 44.7 Å². The van der Waals surface area contributed by atoms with Crippen LogP contribution in [0.1, 0.15) is 12.8 Å². The van der Waals surface area contributed by atoms with Gasteiger partial charge in [0.2, 0.25) is 0 Å². The van der Waals surface area contributed by atoms with Crippen molar-refractivity contribution in [2.24, 2.45) is 11.7 Å². The Kier molecular flexibility index (Phi) is 5.85. The summed E-state index contributed by atoms with van der Waals surface area (Å²) in [5.74, 6) is 0.489. The molecule has 0 aromatic carbocycles. The number of β-amino-alcohol motifs (C(OH)–C–C–N with tert-alkyl or cyclic N) is 1. The predicted octanol–water partition coefficient (Wildman–Crippen LogP) is -0.650. The van der Waals surface area contributed by atoms with E-state index >= 15 is 0 Å². The van der Waals surface area contributed by atoms with Crippen molar-refractivity contribution in [2.45, 2.75) is 18.9 Å². The van der Waals surface area contributed by atoms with Crippen molar-refractivity contribution in [1.29, 1.82) is 0 Å². The molecule has 0 aromatic heterocycles. The highest BCUT2D eigenvalue weighted by molar-refractivity contribution is 4.80. The van der Waals surface area contributed by atoms with Gasteiger partial charge in [-0.1, -0.05) is 0 Å². The average molecular weight is 257 g/mol. The van der Waals surface area contributed by atoms with Gasteiger partial charge in [-0.3, -0.25) is 4.90 Å². The summed E-state index contributed by atoms with van der Waals surface area (Å²) in [7, 11) is 0. The molecule has 0 saturated carbocycles. The molecule has 0 spiro atoms. The van der Waals surface area contributed by atoms with Gasteiger partial charge in [0.1, 0.15) is 0 Å². The third-order valence-electron chi connectivity index (χ3n) is 4.12. The van der Waals surface area contributed by atoms with Crippen LogP contribution in [0.5, 0.6) is 0 Å². The Hall–Kier alpha value is -0.200. The van der Waals surface area contributed by atoms with E-state index < -0.39 is 0 Å². The van der Waals surface area contributed by atoms with E-state index in [1.165, 1.54) is 6.42 Å². The Morgan fingerprint density at radius 2 is 1.94 bits per heavy atom. The second kappa shape index (κ2) is 7.40. The number of aliphatic hydroxyl groups excluding tert-OH is 1. The van der Waals surface area contributed by atoms with E-state index in [0.29, 0.717) is 12.0 Å². The van der Waals surface area contributed by atoms with Crippen molar-refractivity contribution in [3.05, 3.63) is 0 Å². The first kappa shape index (κ1) is 14.2. The van der Waals surface area contributed by atoms with Gasteiger partial charge in [-0.15, -0.1) is 0 Å². The highest BCUT2D eigenvalue weighted by Gasteiger charge is 2.25. The van der Waals surface area contributed by atoms with Crippen LogP contribution in [0.25, 0.3) is 0 Å². The molecule has 18 heavy (non-hydrogen) atoms. The molecule has 0 aliphatic carbocycles. The molecule has 2 rings (SSSR count). The third kappa shape index (κ3) is 4.17. The highest BCUT2D eigenvalue weighted by atomic mass is 16.5. The molecule has 106 valence electrons. The van der Waals surface area contributed by atoms with Gasteiger partial charge in [0.25, 0.3) is 0 Å². The normalized spacial score (nSPS) is 32.3. The Morgan fingerprint density at radius 3 is 2.72 bits per heavy atom. The molecule has 5 heteroatoms. The van der Waals surface area contributed by atoms with Crippen LogP contribution in [-0.2, 0) is 4.74 Å². The lowest BCUT2D eigenvalue weighted by Gasteiger charge is -2.33. The lowest BCUT2D eigenvalue weighted by atomic mass is 9.96. The smallest absolute Gasteiger partial charge is 0.0558 e. The quantitative estimate of drug-likeness (QED) is 0.701. The third-order valence-corrected chi connectivity index (χ3v) is 4.12. The number of aliphatic hydroxyl groups is 1. The maximum Gasteiger partial charge on any atom is 0.0558 e. The minimum absolute atomic E-state index is 0.265. The molecular weight excluding hydrogens is 230 g/mol. The number of rotatable bonds is 4. The molecule has 2 atom stereocenters. The van der Waals surface area contributed by atoms with Crippen LogP contribution in [0, 0.1) is 5.92 Å². The van der Waals surface area contributed by atoms with Crippen molar-refractivity contribution in [2.75, 3.05) is 59.1 Å². The number of hydrogen-bond acceptors (Lipinski definition) is 5. The summed E-state index contributed by atoms with van der Waals surface area (Å²) in [5.41, 5.74) is 6.16. The van der Waals surface area contributed by atoms with Gasteiger partial charge in [0.05, 0.1) is 13.2 Å². The number of hydrogen-bond donors (Lipinski definition) is 2. The van der Waals surface area contributed by atoms with Gasteiger partial charge < -0.3 is 20.5 Å². The molecule has 0 bridgehead atoms. The Balaban J connectivity index is 1.75. The second-order valence-electron chi connectivity index (χ2n) is 5.51. The fourth-order valence-corrected chi connectivity index (χ4v) is 2.91. The Bertz CT molecular complexity index is 240. The summed E-state index contributed by atoms with van der Waals surface area (Å²) in [4.78, 5) is 4.86. The standard InChI is InChI=1S/C13H27N3O2/c14-13-2-9-18-11-12(13)10-16-4-1-3-15(5-6-16)7-8-17/h12-13,17H,1-11,14H2. The minimum atomic E-state index is 0.265. The minimum Gasteiger partial charge on any atom is -0.395 e. The predicted molar refractivity (Wildman–Crippen MR) is 71.5 cm³/mol. The van der Waals surface area contributed by atoms with E-state index in [2.05, 4.69) is 9.80 Å². The van der Waals surface area contributed by atoms with Crippen molar-refractivity contribution in [3.63, 3.8) is 0 Å². The van der Waals surface area contributed by atoms with Crippen molar-refractivity contribution < 1.29 is 9.84 Å². The van der Waals surface area contributed by atoms with Gasteiger partial charge in [-0.25, -0.2) is 0 Å². The first-order valence-corrected chi connectivity index (χ1v) is 7.18. The molecule has 2 aliphatic heterocycles. The molecule has 2 unspecified atom stereocenters. The largest absolute Gasteiger partial charge is 0.395 e.